The van der Waals surface area contributed by atoms with Gasteiger partial charge in [0.2, 0.25) is 11.8 Å². The number of rotatable bonds is 6. The molecule has 2 heterocycles. The number of carbonyl (C=O) groups excluding carboxylic acids is 2. The lowest BCUT2D eigenvalue weighted by Gasteiger charge is -2.27. The van der Waals surface area contributed by atoms with Crippen LogP contribution in [0.3, 0.4) is 0 Å². The number of hydrogen-bond acceptors (Lipinski definition) is 4. The average Bonchev–Trinajstić information content (AvgIpc) is 3.26. The van der Waals surface area contributed by atoms with Crippen molar-refractivity contribution in [1.82, 2.24) is 10.2 Å². The number of amides is 2. The molecule has 120 valence electrons. The van der Waals surface area contributed by atoms with Crippen LogP contribution < -0.4 is 11.1 Å². The molecule has 3 N–H and O–H groups in total. The molecule has 5 nitrogen and oxygen atoms in total. The average molecular weight is 321 g/mol. The molecule has 0 saturated heterocycles. The van der Waals surface area contributed by atoms with Gasteiger partial charge in [0.25, 0.3) is 0 Å². The maximum atomic E-state index is 12.3. The van der Waals surface area contributed by atoms with Crippen LogP contribution in [0.15, 0.2) is 11.4 Å². The fourth-order valence-electron chi connectivity index (χ4n) is 2.99. The monoisotopic (exact) mass is 321 g/mol. The van der Waals surface area contributed by atoms with E-state index in [-0.39, 0.29) is 30.7 Å². The Morgan fingerprint density at radius 1 is 1.41 bits per heavy atom. The first-order valence-corrected chi connectivity index (χ1v) is 8.88. The molecule has 1 saturated carbocycles. The molecular weight excluding hydrogens is 298 g/mol. The Hall–Kier alpha value is -1.40. The molecule has 1 aliphatic heterocycles. The molecule has 3 rings (SSSR count). The zero-order chi connectivity index (χ0) is 15.5. The van der Waals surface area contributed by atoms with Gasteiger partial charge < -0.3 is 16.0 Å². The van der Waals surface area contributed by atoms with Crippen LogP contribution in [-0.4, -0.2) is 35.8 Å². The minimum absolute atomic E-state index is 0.0519. The molecule has 1 aromatic heterocycles. The van der Waals surface area contributed by atoms with E-state index in [1.807, 2.05) is 4.90 Å². The Morgan fingerprint density at radius 2 is 2.23 bits per heavy atom. The van der Waals surface area contributed by atoms with E-state index in [2.05, 4.69) is 16.8 Å². The van der Waals surface area contributed by atoms with Gasteiger partial charge in [-0.25, -0.2) is 0 Å². The first-order chi connectivity index (χ1) is 10.7. The van der Waals surface area contributed by atoms with Crippen LogP contribution in [0.1, 0.15) is 36.1 Å². The van der Waals surface area contributed by atoms with Crippen LogP contribution in [0.25, 0.3) is 0 Å². The highest BCUT2D eigenvalue weighted by molar-refractivity contribution is 7.10. The minimum Gasteiger partial charge on any atom is -0.352 e. The summed E-state index contributed by atoms with van der Waals surface area (Å²) >= 11 is 1.76. The minimum atomic E-state index is -0.0519. The Kier molecular flexibility index (Phi) is 4.78. The Bertz CT molecular complexity index is 553. The number of hydrogen-bond donors (Lipinski definition) is 2. The maximum absolute atomic E-state index is 12.3. The van der Waals surface area contributed by atoms with E-state index in [9.17, 15) is 9.59 Å². The molecule has 1 aromatic rings. The van der Waals surface area contributed by atoms with Crippen molar-refractivity contribution in [1.29, 1.82) is 0 Å². The molecule has 0 bridgehead atoms. The zero-order valence-electron chi connectivity index (χ0n) is 12.7. The summed E-state index contributed by atoms with van der Waals surface area (Å²) in [5, 5.41) is 5.05. The highest BCUT2D eigenvalue weighted by atomic mass is 32.1. The van der Waals surface area contributed by atoms with Gasteiger partial charge in [-0.05, 0) is 42.2 Å². The molecule has 0 radical (unpaired) electrons. The largest absolute Gasteiger partial charge is 0.352 e. The molecule has 1 atom stereocenters. The maximum Gasteiger partial charge on any atom is 0.223 e. The van der Waals surface area contributed by atoms with Gasteiger partial charge in [-0.1, -0.05) is 0 Å². The summed E-state index contributed by atoms with van der Waals surface area (Å²) in [4.78, 5) is 27.5. The van der Waals surface area contributed by atoms with E-state index in [4.69, 9.17) is 5.73 Å². The van der Waals surface area contributed by atoms with Gasteiger partial charge in [0, 0.05) is 43.4 Å². The fraction of sp³-hybridized carbons (Fsp3) is 0.625. The molecule has 0 aromatic carbocycles. The van der Waals surface area contributed by atoms with Gasteiger partial charge >= 0.3 is 0 Å². The van der Waals surface area contributed by atoms with E-state index < -0.39 is 0 Å². The lowest BCUT2D eigenvalue weighted by atomic mass is 10.1. The van der Waals surface area contributed by atoms with Gasteiger partial charge in [-0.3, -0.25) is 9.59 Å². The van der Waals surface area contributed by atoms with Crippen molar-refractivity contribution in [2.45, 2.75) is 44.7 Å². The Labute approximate surface area is 134 Å². The first kappa shape index (κ1) is 15.5. The van der Waals surface area contributed by atoms with Gasteiger partial charge in [0.15, 0.2) is 0 Å². The second kappa shape index (κ2) is 6.79. The number of thiophene rings is 1. The van der Waals surface area contributed by atoms with Crippen molar-refractivity contribution in [3.8, 4) is 0 Å². The lowest BCUT2D eigenvalue weighted by molar-refractivity contribution is -0.134. The number of nitrogens with one attached hydrogen (secondary N) is 1. The number of nitrogens with two attached hydrogens (primary N) is 1. The quantitative estimate of drug-likeness (QED) is 0.828. The highest BCUT2D eigenvalue weighted by Crippen LogP contribution is 2.32. The SMILES string of the molecule is NCC(NC(=O)CCC(=O)N1CCc2sccc2C1)C1CC1. The first-order valence-electron chi connectivity index (χ1n) is 8.00. The van der Waals surface area contributed by atoms with Crippen molar-refractivity contribution in [2.24, 2.45) is 11.7 Å². The zero-order valence-corrected chi connectivity index (χ0v) is 13.5. The normalized spacial score (nSPS) is 18.7. The highest BCUT2D eigenvalue weighted by Gasteiger charge is 2.31. The van der Waals surface area contributed by atoms with Crippen molar-refractivity contribution >= 4 is 23.2 Å². The molecule has 0 spiro atoms. The second-order valence-electron chi connectivity index (χ2n) is 6.18. The summed E-state index contributed by atoms with van der Waals surface area (Å²) in [6.45, 7) is 1.94. The number of carbonyl (C=O) groups is 2. The van der Waals surface area contributed by atoms with Crippen molar-refractivity contribution in [3.63, 3.8) is 0 Å². The molecule has 1 unspecified atom stereocenters. The van der Waals surface area contributed by atoms with Crippen LogP contribution in [-0.2, 0) is 22.6 Å². The topological polar surface area (TPSA) is 75.4 Å². The fourth-order valence-corrected chi connectivity index (χ4v) is 3.88. The molecular formula is C16H23N3O2S. The van der Waals surface area contributed by atoms with Crippen molar-refractivity contribution in [3.05, 3.63) is 21.9 Å². The number of fused-ring (bicyclic) bond motifs is 1. The molecule has 1 fully saturated rings. The van der Waals surface area contributed by atoms with Crippen LogP contribution in [0.5, 0.6) is 0 Å². The predicted octanol–water partition coefficient (Wildman–Crippen LogP) is 1.27. The Balaban J connectivity index is 1.43. The van der Waals surface area contributed by atoms with Crippen LogP contribution in [0.2, 0.25) is 0 Å². The third-order valence-corrected chi connectivity index (χ3v) is 5.54. The summed E-state index contributed by atoms with van der Waals surface area (Å²) in [6.07, 6.45) is 3.78. The van der Waals surface area contributed by atoms with E-state index in [0.29, 0.717) is 19.0 Å². The van der Waals surface area contributed by atoms with Crippen molar-refractivity contribution in [2.75, 3.05) is 13.1 Å². The smallest absolute Gasteiger partial charge is 0.223 e. The summed E-state index contributed by atoms with van der Waals surface area (Å²) in [5.41, 5.74) is 6.94. The van der Waals surface area contributed by atoms with E-state index >= 15 is 0 Å². The Morgan fingerprint density at radius 3 is 2.95 bits per heavy atom. The third-order valence-electron chi connectivity index (χ3n) is 4.52. The number of nitrogens with zero attached hydrogens (tertiary/aromatic N) is 1. The molecule has 2 amide bonds. The summed E-state index contributed by atoms with van der Waals surface area (Å²) in [7, 11) is 0. The van der Waals surface area contributed by atoms with Crippen LogP contribution >= 0.6 is 11.3 Å². The molecule has 2 aliphatic rings. The second-order valence-corrected chi connectivity index (χ2v) is 7.18. The van der Waals surface area contributed by atoms with E-state index in [1.165, 1.54) is 10.4 Å². The van der Waals surface area contributed by atoms with Gasteiger partial charge in [0.1, 0.15) is 0 Å². The molecule has 22 heavy (non-hydrogen) atoms. The molecule has 6 heteroatoms. The third kappa shape index (κ3) is 3.67. The van der Waals surface area contributed by atoms with Gasteiger partial charge in [-0.2, -0.15) is 0 Å². The van der Waals surface area contributed by atoms with E-state index in [0.717, 1.165) is 25.8 Å². The van der Waals surface area contributed by atoms with Crippen LogP contribution in [0.4, 0.5) is 0 Å². The standard InChI is InChI=1S/C16H23N3O2S/c17-9-13(11-1-2-11)18-15(20)3-4-16(21)19-7-5-14-12(10-19)6-8-22-14/h6,8,11,13H,1-5,7,9-10,17H2,(H,18,20). The van der Waals surface area contributed by atoms with Gasteiger partial charge in [0.05, 0.1) is 0 Å². The molecule has 1 aliphatic carbocycles. The summed E-state index contributed by atoms with van der Waals surface area (Å²) in [6, 6.07) is 2.18. The van der Waals surface area contributed by atoms with Crippen LogP contribution in [0, 0.1) is 5.92 Å². The van der Waals surface area contributed by atoms with E-state index in [1.54, 1.807) is 11.3 Å². The summed E-state index contributed by atoms with van der Waals surface area (Å²) < 4.78 is 0. The van der Waals surface area contributed by atoms with Gasteiger partial charge in [-0.15, -0.1) is 11.3 Å². The van der Waals surface area contributed by atoms with Crippen molar-refractivity contribution < 1.29 is 9.59 Å². The summed E-state index contributed by atoms with van der Waals surface area (Å²) in [5.74, 6) is 0.565. The predicted molar refractivity (Wildman–Crippen MR) is 86.4 cm³/mol. The lowest BCUT2D eigenvalue weighted by Crippen LogP contribution is -2.42.